The van der Waals surface area contributed by atoms with Crippen LogP contribution in [0.4, 0.5) is 0 Å². The monoisotopic (exact) mass is 132 g/mol. The maximum Gasteiger partial charge on any atom is 0.330 e. The predicted octanol–water partition coefficient (Wildman–Crippen LogP) is -0.288. The average Bonchev–Trinajstić information content (AvgIpc) is 1.63. The molecule has 0 radical (unpaired) electrons. The summed E-state index contributed by atoms with van der Waals surface area (Å²) in [6.45, 7) is 5.06. The van der Waals surface area contributed by atoms with Gasteiger partial charge in [0, 0.05) is 7.11 Å². The molecular formula is C5H12N2O2. The first kappa shape index (κ1) is 8.42. The molecule has 0 bridgehead atoms. The van der Waals surface area contributed by atoms with E-state index in [9.17, 15) is 0 Å². The summed E-state index contributed by atoms with van der Waals surface area (Å²) in [6.07, 6.45) is 0. The Kier molecular flexibility index (Phi) is 2.64. The van der Waals surface area contributed by atoms with Crippen molar-refractivity contribution >= 4 is 0 Å². The largest absolute Gasteiger partial charge is 0.442 e. The van der Waals surface area contributed by atoms with Crippen molar-refractivity contribution in [2.75, 3.05) is 7.11 Å². The van der Waals surface area contributed by atoms with Crippen molar-refractivity contribution in [3.05, 3.63) is 12.3 Å². The van der Waals surface area contributed by atoms with Crippen LogP contribution in [0.5, 0.6) is 0 Å². The lowest BCUT2D eigenvalue weighted by Crippen LogP contribution is -2.53. The van der Waals surface area contributed by atoms with Crippen molar-refractivity contribution in [2.24, 2.45) is 11.5 Å². The van der Waals surface area contributed by atoms with Gasteiger partial charge < -0.3 is 9.47 Å². The lowest BCUT2D eigenvalue weighted by molar-refractivity contribution is -0.189. The molecule has 0 heterocycles. The second-order valence-electron chi connectivity index (χ2n) is 1.73. The first-order chi connectivity index (χ1) is 3.98. The molecule has 0 unspecified atom stereocenters. The second kappa shape index (κ2) is 2.82. The minimum atomic E-state index is -1.54. The number of rotatable bonds is 3. The average molecular weight is 132 g/mol. The summed E-state index contributed by atoms with van der Waals surface area (Å²) in [5.41, 5.74) is 10.4. The Labute approximate surface area is 54.4 Å². The van der Waals surface area contributed by atoms with Gasteiger partial charge in [0.05, 0.1) is 5.76 Å². The van der Waals surface area contributed by atoms with Gasteiger partial charge in [-0.05, 0) is 6.92 Å². The summed E-state index contributed by atoms with van der Waals surface area (Å²) in [4.78, 5) is 0. The molecule has 0 saturated heterocycles. The molecule has 0 aliphatic heterocycles. The van der Waals surface area contributed by atoms with Crippen molar-refractivity contribution in [1.82, 2.24) is 0 Å². The van der Waals surface area contributed by atoms with E-state index in [2.05, 4.69) is 11.3 Å². The van der Waals surface area contributed by atoms with E-state index in [1.807, 2.05) is 0 Å². The fraction of sp³-hybridized carbons (Fsp3) is 0.600. The molecule has 0 aliphatic rings. The third-order valence-corrected chi connectivity index (χ3v) is 0.653. The highest BCUT2D eigenvalue weighted by Crippen LogP contribution is 2.00. The molecule has 4 heteroatoms. The van der Waals surface area contributed by atoms with Crippen molar-refractivity contribution < 1.29 is 9.47 Å². The van der Waals surface area contributed by atoms with E-state index in [4.69, 9.17) is 16.2 Å². The highest BCUT2D eigenvalue weighted by Gasteiger charge is 2.18. The molecule has 0 fully saturated rings. The third-order valence-electron chi connectivity index (χ3n) is 0.653. The molecule has 0 rings (SSSR count). The second-order valence-corrected chi connectivity index (χ2v) is 1.73. The Bertz CT molecular complexity index is 112. The van der Waals surface area contributed by atoms with Crippen LogP contribution in [-0.4, -0.2) is 13.1 Å². The van der Waals surface area contributed by atoms with Gasteiger partial charge in [0.2, 0.25) is 0 Å². The Morgan fingerprint density at radius 3 is 2.11 bits per heavy atom. The third kappa shape index (κ3) is 3.96. The van der Waals surface area contributed by atoms with Gasteiger partial charge in [0.25, 0.3) is 0 Å². The van der Waals surface area contributed by atoms with Crippen LogP contribution in [0.15, 0.2) is 12.3 Å². The van der Waals surface area contributed by atoms with Crippen molar-refractivity contribution in [3.63, 3.8) is 0 Å². The Morgan fingerprint density at radius 2 is 2.00 bits per heavy atom. The van der Waals surface area contributed by atoms with Crippen molar-refractivity contribution in [3.8, 4) is 0 Å². The van der Waals surface area contributed by atoms with E-state index >= 15 is 0 Å². The summed E-state index contributed by atoms with van der Waals surface area (Å²) in [5.74, 6) is 0.418. The quantitative estimate of drug-likeness (QED) is 0.409. The number of allylic oxidation sites excluding steroid dienone is 1. The van der Waals surface area contributed by atoms with E-state index < -0.39 is 6.03 Å². The summed E-state index contributed by atoms with van der Waals surface area (Å²) >= 11 is 0. The lowest BCUT2D eigenvalue weighted by Gasteiger charge is -2.22. The predicted molar refractivity (Wildman–Crippen MR) is 34.0 cm³/mol. The Hall–Kier alpha value is -0.580. The minimum Gasteiger partial charge on any atom is -0.442 e. The molecule has 0 aliphatic carbocycles. The highest BCUT2D eigenvalue weighted by molar-refractivity contribution is 4.76. The van der Waals surface area contributed by atoms with Gasteiger partial charge in [-0.3, -0.25) is 11.5 Å². The molecule has 54 valence electrons. The number of ether oxygens (including phenoxy) is 2. The molecule has 0 aromatic heterocycles. The zero-order chi connectivity index (χ0) is 7.49. The number of hydrogen-bond acceptors (Lipinski definition) is 4. The van der Waals surface area contributed by atoms with Gasteiger partial charge in [-0.25, -0.2) is 0 Å². The normalized spacial score (nSPS) is 11.1. The zero-order valence-corrected chi connectivity index (χ0v) is 5.68. The van der Waals surface area contributed by atoms with Crippen molar-refractivity contribution in [1.29, 1.82) is 0 Å². The molecule has 0 spiro atoms. The number of nitrogens with two attached hydrogens (primary N) is 2. The molecule has 0 aromatic carbocycles. The SMILES string of the molecule is C=C(C)OC(N)(N)OC. The van der Waals surface area contributed by atoms with Gasteiger partial charge in [-0.2, -0.15) is 0 Å². The molecule has 0 amide bonds. The maximum atomic E-state index is 5.19. The van der Waals surface area contributed by atoms with E-state index in [0.29, 0.717) is 5.76 Å². The standard InChI is InChI=1S/C5H12N2O2/c1-4(2)9-5(6,7)8-3/h1,6-7H2,2-3H3. The van der Waals surface area contributed by atoms with Crippen LogP contribution < -0.4 is 11.5 Å². The molecular weight excluding hydrogens is 120 g/mol. The highest BCUT2D eigenvalue weighted by atomic mass is 16.7. The first-order valence-corrected chi connectivity index (χ1v) is 2.45. The summed E-state index contributed by atoms with van der Waals surface area (Å²) < 4.78 is 9.25. The zero-order valence-electron chi connectivity index (χ0n) is 5.68. The molecule has 0 atom stereocenters. The lowest BCUT2D eigenvalue weighted by atomic mass is 10.6. The molecule has 0 saturated carbocycles. The smallest absolute Gasteiger partial charge is 0.330 e. The van der Waals surface area contributed by atoms with Crippen LogP contribution >= 0.6 is 0 Å². The van der Waals surface area contributed by atoms with E-state index in [1.54, 1.807) is 6.92 Å². The Morgan fingerprint density at radius 1 is 1.56 bits per heavy atom. The van der Waals surface area contributed by atoms with Gasteiger partial charge in [0.1, 0.15) is 0 Å². The fourth-order valence-corrected chi connectivity index (χ4v) is 0.314. The summed E-state index contributed by atoms with van der Waals surface area (Å²) in [5, 5.41) is 0. The van der Waals surface area contributed by atoms with Crippen LogP contribution in [0.25, 0.3) is 0 Å². The van der Waals surface area contributed by atoms with Gasteiger partial charge in [-0.15, -0.1) is 0 Å². The number of hydrogen-bond donors (Lipinski definition) is 2. The topological polar surface area (TPSA) is 70.5 Å². The van der Waals surface area contributed by atoms with Gasteiger partial charge >= 0.3 is 6.03 Å². The fourth-order valence-electron chi connectivity index (χ4n) is 0.314. The first-order valence-electron chi connectivity index (χ1n) is 2.45. The Balaban J connectivity index is 3.71. The van der Waals surface area contributed by atoms with Crippen LogP contribution in [0.1, 0.15) is 6.92 Å². The molecule has 9 heavy (non-hydrogen) atoms. The van der Waals surface area contributed by atoms with Gasteiger partial charge in [-0.1, -0.05) is 6.58 Å². The number of methoxy groups -OCH3 is 1. The van der Waals surface area contributed by atoms with Crippen LogP contribution in [0.3, 0.4) is 0 Å². The van der Waals surface area contributed by atoms with E-state index in [0.717, 1.165) is 0 Å². The molecule has 0 aromatic rings. The summed E-state index contributed by atoms with van der Waals surface area (Å²) in [6, 6.07) is -1.54. The van der Waals surface area contributed by atoms with Crippen LogP contribution in [0.2, 0.25) is 0 Å². The van der Waals surface area contributed by atoms with Crippen LogP contribution in [-0.2, 0) is 9.47 Å². The minimum absolute atomic E-state index is 0.418. The van der Waals surface area contributed by atoms with Crippen molar-refractivity contribution in [2.45, 2.75) is 13.0 Å². The molecule has 4 nitrogen and oxygen atoms in total. The molecule has 4 N–H and O–H groups in total. The summed E-state index contributed by atoms with van der Waals surface area (Å²) in [7, 11) is 1.35. The van der Waals surface area contributed by atoms with Crippen LogP contribution in [0, 0.1) is 0 Å². The van der Waals surface area contributed by atoms with E-state index in [-0.39, 0.29) is 0 Å². The van der Waals surface area contributed by atoms with E-state index in [1.165, 1.54) is 7.11 Å². The van der Waals surface area contributed by atoms with Gasteiger partial charge in [0.15, 0.2) is 0 Å². The maximum absolute atomic E-state index is 5.19.